The second kappa shape index (κ2) is 5.87. The first kappa shape index (κ1) is 12.9. The topological polar surface area (TPSA) is 33.7 Å². The van der Waals surface area contributed by atoms with Crippen molar-refractivity contribution in [3.63, 3.8) is 0 Å². The van der Waals surface area contributed by atoms with Crippen molar-refractivity contribution in [3.8, 4) is 0 Å². The summed E-state index contributed by atoms with van der Waals surface area (Å²) in [6.07, 6.45) is 5.27. The summed E-state index contributed by atoms with van der Waals surface area (Å²) in [6.45, 7) is 8.17. The molecule has 1 aliphatic carbocycles. The zero-order valence-corrected chi connectivity index (χ0v) is 11.3. The van der Waals surface area contributed by atoms with Gasteiger partial charge in [0.25, 0.3) is 0 Å². The van der Waals surface area contributed by atoms with Crippen molar-refractivity contribution in [2.75, 3.05) is 52.6 Å². The Bertz CT molecular complexity index is 257. The molecule has 3 fully saturated rings. The maximum absolute atomic E-state index is 5.78. The van der Waals surface area contributed by atoms with Crippen molar-refractivity contribution < 1.29 is 9.47 Å². The molecule has 0 bridgehead atoms. The van der Waals surface area contributed by atoms with Crippen LogP contribution in [0.15, 0.2) is 0 Å². The molecule has 0 radical (unpaired) electrons. The van der Waals surface area contributed by atoms with E-state index in [0.717, 1.165) is 52.1 Å². The van der Waals surface area contributed by atoms with Crippen molar-refractivity contribution in [2.45, 2.75) is 31.7 Å². The molecule has 4 nitrogen and oxygen atoms in total. The molecule has 3 aliphatic rings. The second-order valence-corrected chi connectivity index (χ2v) is 6.20. The van der Waals surface area contributed by atoms with E-state index in [2.05, 4.69) is 10.2 Å². The van der Waals surface area contributed by atoms with Crippen molar-refractivity contribution >= 4 is 0 Å². The highest BCUT2D eigenvalue weighted by atomic mass is 16.5. The van der Waals surface area contributed by atoms with Crippen LogP contribution in [0.4, 0.5) is 0 Å². The van der Waals surface area contributed by atoms with Gasteiger partial charge in [-0.3, -0.25) is 4.90 Å². The van der Waals surface area contributed by atoms with Gasteiger partial charge in [-0.25, -0.2) is 0 Å². The molecule has 1 saturated carbocycles. The normalized spacial score (nSPS) is 34.7. The summed E-state index contributed by atoms with van der Waals surface area (Å²) < 4.78 is 11.2. The van der Waals surface area contributed by atoms with Gasteiger partial charge in [0, 0.05) is 44.2 Å². The first-order valence-electron chi connectivity index (χ1n) is 7.48. The van der Waals surface area contributed by atoms with E-state index in [0.29, 0.717) is 5.41 Å². The van der Waals surface area contributed by atoms with Crippen molar-refractivity contribution in [2.24, 2.45) is 5.41 Å². The lowest BCUT2D eigenvalue weighted by atomic mass is 9.81. The lowest BCUT2D eigenvalue weighted by Crippen LogP contribution is -2.51. The van der Waals surface area contributed by atoms with Gasteiger partial charge in [0.15, 0.2) is 0 Å². The smallest absolute Gasteiger partial charge is 0.0594 e. The van der Waals surface area contributed by atoms with Crippen molar-refractivity contribution in [1.29, 1.82) is 0 Å². The molecule has 0 aromatic rings. The first-order chi connectivity index (χ1) is 8.86. The van der Waals surface area contributed by atoms with E-state index in [9.17, 15) is 0 Å². The Kier molecular flexibility index (Phi) is 4.19. The van der Waals surface area contributed by atoms with Crippen LogP contribution in [-0.4, -0.2) is 63.5 Å². The summed E-state index contributed by atoms with van der Waals surface area (Å²) in [6, 6.07) is 0.800. The lowest BCUT2D eigenvalue weighted by molar-refractivity contribution is -0.0454. The van der Waals surface area contributed by atoms with Crippen LogP contribution < -0.4 is 5.32 Å². The molecule has 18 heavy (non-hydrogen) atoms. The minimum atomic E-state index is 0.345. The molecule has 0 amide bonds. The molecular weight excluding hydrogens is 228 g/mol. The van der Waals surface area contributed by atoms with Gasteiger partial charge in [0.2, 0.25) is 0 Å². The zero-order valence-electron chi connectivity index (χ0n) is 11.3. The molecule has 104 valence electrons. The van der Waals surface area contributed by atoms with Gasteiger partial charge in [-0.15, -0.1) is 0 Å². The number of hydrogen-bond acceptors (Lipinski definition) is 4. The maximum Gasteiger partial charge on any atom is 0.0594 e. The van der Waals surface area contributed by atoms with Gasteiger partial charge in [-0.2, -0.15) is 0 Å². The molecule has 0 spiro atoms. The minimum absolute atomic E-state index is 0.345. The third kappa shape index (κ3) is 3.44. The summed E-state index contributed by atoms with van der Waals surface area (Å²) in [5.41, 5.74) is 0.345. The van der Waals surface area contributed by atoms with Crippen LogP contribution in [0.1, 0.15) is 25.7 Å². The van der Waals surface area contributed by atoms with Crippen molar-refractivity contribution in [3.05, 3.63) is 0 Å². The van der Waals surface area contributed by atoms with Crippen LogP contribution in [0, 0.1) is 5.41 Å². The number of ether oxygens (including phenoxy) is 2. The highest BCUT2D eigenvalue weighted by Gasteiger charge is 2.36. The monoisotopic (exact) mass is 254 g/mol. The standard InChI is InChI=1S/C14H26N2O2/c1-4-14(12-18-7-1,10-15-13-2-3-13)11-16-5-8-17-9-6-16/h13,15H,1-12H2. The van der Waals surface area contributed by atoms with Crippen LogP contribution in [0.3, 0.4) is 0 Å². The Morgan fingerprint density at radius 2 is 1.94 bits per heavy atom. The molecule has 1 atom stereocenters. The van der Waals surface area contributed by atoms with Crippen LogP contribution in [0.25, 0.3) is 0 Å². The Morgan fingerprint density at radius 3 is 2.61 bits per heavy atom. The molecular formula is C14H26N2O2. The Hall–Kier alpha value is -0.160. The lowest BCUT2D eigenvalue weighted by Gasteiger charge is -2.42. The predicted molar refractivity (Wildman–Crippen MR) is 70.8 cm³/mol. The van der Waals surface area contributed by atoms with Crippen LogP contribution >= 0.6 is 0 Å². The Morgan fingerprint density at radius 1 is 1.11 bits per heavy atom. The Balaban J connectivity index is 1.55. The average Bonchev–Trinajstić information content (AvgIpc) is 3.23. The van der Waals surface area contributed by atoms with Gasteiger partial charge < -0.3 is 14.8 Å². The summed E-state index contributed by atoms with van der Waals surface area (Å²) in [4.78, 5) is 2.56. The Labute approximate surface area is 110 Å². The molecule has 1 N–H and O–H groups in total. The van der Waals surface area contributed by atoms with Crippen LogP contribution in [-0.2, 0) is 9.47 Å². The number of nitrogens with zero attached hydrogens (tertiary/aromatic N) is 1. The summed E-state index contributed by atoms with van der Waals surface area (Å²) in [7, 11) is 0. The number of hydrogen-bond donors (Lipinski definition) is 1. The molecule has 0 aromatic heterocycles. The van der Waals surface area contributed by atoms with Crippen LogP contribution in [0.5, 0.6) is 0 Å². The second-order valence-electron chi connectivity index (χ2n) is 6.20. The van der Waals surface area contributed by atoms with Gasteiger partial charge in [-0.05, 0) is 25.7 Å². The molecule has 2 saturated heterocycles. The van der Waals surface area contributed by atoms with E-state index in [1.54, 1.807) is 0 Å². The van der Waals surface area contributed by atoms with E-state index in [4.69, 9.17) is 9.47 Å². The minimum Gasteiger partial charge on any atom is -0.381 e. The largest absolute Gasteiger partial charge is 0.381 e. The van der Waals surface area contributed by atoms with E-state index >= 15 is 0 Å². The number of rotatable bonds is 5. The van der Waals surface area contributed by atoms with E-state index in [1.807, 2.05) is 0 Å². The number of nitrogens with one attached hydrogen (secondary N) is 1. The average molecular weight is 254 g/mol. The van der Waals surface area contributed by atoms with Crippen LogP contribution in [0.2, 0.25) is 0 Å². The fourth-order valence-electron chi connectivity index (χ4n) is 3.11. The predicted octanol–water partition coefficient (Wildman–Crippen LogP) is 0.867. The fraction of sp³-hybridized carbons (Fsp3) is 1.00. The first-order valence-corrected chi connectivity index (χ1v) is 7.48. The molecule has 2 aliphatic heterocycles. The molecule has 3 rings (SSSR count). The highest BCUT2D eigenvalue weighted by Crippen LogP contribution is 2.31. The van der Waals surface area contributed by atoms with E-state index < -0.39 is 0 Å². The molecule has 2 heterocycles. The van der Waals surface area contributed by atoms with E-state index in [-0.39, 0.29) is 0 Å². The molecule has 1 unspecified atom stereocenters. The fourth-order valence-corrected chi connectivity index (χ4v) is 3.11. The third-order valence-electron chi connectivity index (χ3n) is 4.41. The third-order valence-corrected chi connectivity index (χ3v) is 4.41. The highest BCUT2D eigenvalue weighted by molar-refractivity contribution is 4.91. The summed E-state index contributed by atoms with van der Waals surface area (Å²) in [5.74, 6) is 0. The number of morpholine rings is 1. The van der Waals surface area contributed by atoms with Gasteiger partial charge in [0.05, 0.1) is 19.8 Å². The summed E-state index contributed by atoms with van der Waals surface area (Å²) in [5, 5.41) is 3.72. The van der Waals surface area contributed by atoms with E-state index in [1.165, 1.54) is 32.2 Å². The maximum atomic E-state index is 5.78. The van der Waals surface area contributed by atoms with Crippen molar-refractivity contribution in [1.82, 2.24) is 10.2 Å². The van der Waals surface area contributed by atoms with Gasteiger partial charge in [0.1, 0.15) is 0 Å². The molecule has 4 heteroatoms. The van der Waals surface area contributed by atoms with Gasteiger partial charge in [-0.1, -0.05) is 0 Å². The molecule has 0 aromatic carbocycles. The summed E-state index contributed by atoms with van der Waals surface area (Å²) >= 11 is 0. The SMILES string of the molecule is C1COCC(CNC2CC2)(CN2CCOCC2)C1. The quantitative estimate of drug-likeness (QED) is 0.789. The van der Waals surface area contributed by atoms with Gasteiger partial charge >= 0.3 is 0 Å². The zero-order chi connectivity index (χ0) is 12.3.